The molecule has 0 N–H and O–H groups in total. The van der Waals surface area contributed by atoms with Crippen molar-refractivity contribution in [2.24, 2.45) is 91.7 Å². The Kier molecular flexibility index (Phi) is 7.35. The average Bonchev–Trinajstić information content (AvgIpc) is 3.58. The molecule has 12 unspecified atom stereocenters. The predicted molar refractivity (Wildman–Crippen MR) is 175 cm³/mol. The first kappa shape index (κ1) is 31.0. The van der Waals surface area contributed by atoms with Gasteiger partial charge in [-0.15, -0.1) is 0 Å². The van der Waals surface area contributed by atoms with Crippen molar-refractivity contribution in [2.45, 2.75) is 147 Å². The molecule has 6 saturated carbocycles. The van der Waals surface area contributed by atoms with E-state index in [0.717, 1.165) is 72.4 Å². The topological polar surface area (TPSA) is 9.23 Å². The van der Waals surface area contributed by atoms with E-state index in [1.165, 1.54) is 64.2 Å². The van der Waals surface area contributed by atoms with Crippen LogP contribution in [0.15, 0.2) is 0 Å². The highest BCUT2D eigenvalue weighted by Gasteiger charge is 2.66. The molecule has 6 rings (SSSR count). The van der Waals surface area contributed by atoms with Crippen molar-refractivity contribution in [1.29, 1.82) is 0 Å². The highest BCUT2D eigenvalue weighted by atomic mass is 16.5. The molecule has 1 nitrogen and oxygen atoms in total. The Morgan fingerprint density at radius 2 is 0.878 bits per heavy atom. The van der Waals surface area contributed by atoms with E-state index in [4.69, 9.17) is 4.74 Å². The second-order valence-corrected chi connectivity index (χ2v) is 20.1. The lowest BCUT2D eigenvalue weighted by molar-refractivity contribution is -0.0714. The van der Waals surface area contributed by atoms with Gasteiger partial charge in [-0.3, -0.25) is 0 Å². The molecule has 6 aliphatic rings. The third kappa shape index (κ3) is 4.14. The molecule has 6 aliphatic carbocycles. The van der Waals surface area contributed by atoms with Gasteiger partial charge in [0.15, 0.2) is 0 Å². The molecule has 4 bridgehead atoms. The molecule has 0 aromatic rings. The fraction of sp³-hybridized carbons (Fsp3) is 1.00. The summed E-state index contributed by atoms with van der Waals surface area (Å²) in [4.78, 5) is 0. The van der Waals surface area contributed by atoms with E-state index in [0.29, 0.717) is 32.5 Å². The van der Waals surface area contributed by atoms with Crippen molar-refractivity contribution in [3.8, 4) is 0 Å². The Labute approximate surface area is 256 Å². The summed E-state index contributed by atoms with van der Waals surface area (Å²) in [7, 11) is 0. The van der Waals surface area contributed by atoms with Crippen LogP contribution in [0.1, 0.15) is 147 Å². The lowest BCUT2D eigenvalue weighted by atomic mass is 9.58. The molecular formula is C40H70O. The van der Waals surface area contributed by atoms with Gasteiger partial charge in [-0.05, 0) is 156 Å². The van der Waals surface area contributed by atoms with Crippen LogP contribution in [0.2, 0.25) is 0 Å². The van der Waals surface area contributed by atoms with Crippen LogP contribution in [0.25, 0.3) is 0 Å². The zero-order valence-electron chi connectivity index (χ0n) is 29.7. The summed E-state index contributed by atoms with van der Waals surface area (Å²) < 4.78 is 7.31. The Hall–Kier alpha value is -0.0400. The molecule has 0 heterocycles. The summed E-state index contributed by atoms with van der Waals surface area (Å²) in [6.07, 6.45) is 14.4. The van der Waals surface area contributed by atoms with Crippen molar-refractivity contribution < 1.29 is 4.74 Å². The number of hydrogen-bond acceptors (Lipinski definition) is 1. The molecule has 0 aromatic heterocycles. The van der Waals surface area contributed by atoms with Crippen molar-refractivity contribution in [1.82, 2.24) is 0 Å². The quantitative estimate of drug-likeness (QED) is 0.284. The SMILES string of the molecule is CC1CCC(C(COCC(C2CCC(C)C2(C)C)C2CC3CCC2(C)C3(C)C)C2CC3CCC2(C)C3(C)C)C1(C)C. The molecule has 6 fully saturated rings. The second-order valence-electron chi connectivity index (χ2n) is 20.1. The number of hydrogen-bond donors (Lipinski definition) is 0. The number of ether oxygens (including phenoxy) is 1. The minimum absolute atomic E-state index is 0.431. The van der Waals surface area contributed by atoms with Crippen LogP contribution < -0.4 is 0 Å². The first-order valence-corrected chi connectivity index (χ1v) is 18.5. The van der Waals surface area contributed by atoms with E-state index in [2.05, 4.69) is 83.1 Å². The monoisotopic (exact) mass is 567 g/mol. The maximum absolute atomic E-state index is 7.31. The summed E-state index contributed by atoms with van der Waals surface area (Å²) in [5, 5.41) is 0. The fourth-order valence-electron chi connectivity index (χ4n) is 13.8. The van der Waals surface area contributed by atoms with Gasteiger partial charge in [0.05, 0.1) is 0 Å². The third-order valence-electron chi connectivity index (χ3n) is 18.7. The molecule has 236 valence electrons. The van der Waals surface area contributed by atoms with Crippen LogP contribution in [0.4, 0.5) is 0 Å². The standard InChI is InChI=1S/C40H70O/c1-25-13-15-31(35(25,3)4)29(33-21-27-17-19-39(33,11)37(27,7)8)23-41-24-30(32-16-14-26(2)36(32,5)6)34-22-28-18-20-40(34,12)38(28,9)10/h25-34H,13-24H2,1-12H3. The van der Waals surface area contributed by atoms with E-state index in [9.17, 15) is 0 Å². The van der Waals surface area contributed by atoms with Gasteiger partial charge in [0.25, 0.3) is 0 Å². The van der Waals surface area contributed by atoms with Crippen molar-refractivity contribution in [2.75, 3.05) is 13.2 Å². The predicted octanol–water partition coefficient (Wildman–Crippen LogP) is 11.3. The fourth-order valence-corrected chi connectivity index (χ4v) is 13.8. The summed E-state index contributed by atoms with van der Waals surface area (Å²) in [5.74, 6) is 8.28. The minimum atomic E-state index is 0.431. The van der Waals surface area contributed by atoms with Gasteiger partial charge in [0.1, 0.15) is 0 Å². The first-order chi connectivity index (χ1) is 18.9. The van der Waals surface area contributed by atoms with Crippen LogP contribution in [-0.4, -0.2) is 13.2 Å². The van der Waals surface area contributed by atoms with Gasteiger partial charge in [0.2, 0.25) is 0 Å². The van der Waals surface area contributed by atoms with Gasteiger partial charge in [-0.1, -0.05) is 83.1 Å². The maximum atomic E-state index is 7.31. The van der Waals surface area contributed by atoms with Gasteiger partial charge < -0.3 is 4.74 Å². The highest BCUT2D eigenvalue weighted by Crippen LogP contribution is 2.73. The van der Waals surface area contributed by atoms with E-state index in [1.54, 1.807) is 0 Å². The zero-order valence-corrected chi connectivity index (χ0v) is 29.7. The molecule has 0 aromatic carbocycles. The molecule has 41 heavy (non-hydrogen) atoms. The van der Waals surface area contributed by atoms with Crippen LogP contribution in [0.5, 0.6) is 0 Å². The third-order valence-corrected chi connectivity index (χ3v) is 18.7. The lowest BCUT2D eigenvalue weighted by Crippen LogP contribution is -2.45. The first-order valence-electron chi connectivity index (χ1n) is 18.5. The Bertz CT molecular complexity index is 909. The van der Waals surface area contributed by atoms with Gasteiger partial charge in [-0.2, -0.15) is 0 Å². The van der Waals surface area contributed by atoms with Crippen LogP contribution in [-0.2, 0) is 4.74 Å². The smallest absolute Gasteiger partial charge is 0.0500 e. The molecule has 0 spiro atoms. The number of rotatable bonds is 8. The van der Waals surface area contributed by atoms with Crippen LogP contribution >= 0.6 is 0 Å². The van der Waals surface area contributed by atoms with Crippen molar-refractivity contribution in [3.05, 3.63) is 0 Å². The number of fused-ring (bicyclic) bond motifs is 4. The van der Waals surface area contributed by atoms with E-state index >= 15 is 0 Å². The second kappa shape index (κ2) is 9.73. The van der Waals surface area contributed by atoms with E-state index in [1.807, 2.05) is 0 Å². The Morgan fingerprint density at radius 3 is 1.12 bits per heavy atom. The van der Waals surface area contributed by atoms with Crippen molar-refractivity contribution >= 4 is 0 Å². The van der Waals surface area contributed by atoms with Crippen LogP contribution in [0.3, 0.4) is 0 Å². The zero-order chi connectivity index (χ0) is 30.0. The summed E-state index contributed by atoms with van der Waals surface area (Å²) in [6, 6.07) is 0. The normalized spacial score (nSPS) is 50.0. The molecule has 0 saturated heterocycles. The van der Waals surface area contributed by atoms with Gasteiger partial charge >= 0.3 is 0 Å². The largest absolute Gasteiger partial charge is 0.381 e. The van der Waals surface area contributed by atoms with Crippen LogP contribution in [0, 0.1) is 91.7 Å². The minimum Gasteiger partial charge on any atom is -0.381 e. The molecular weight excluding hydrogens is 496 g/mol. The average molecular weight is 567 g/mol. The molecule has 0 radical (unpaired) electrons. The van der Waals surface area contributed by atoms with E-state index in [-0.39, 0.29) is 0 Å². The Balaban J connectivity index is 1.27. The van der Waals surface area contributed by atoms with Gasteiger partial charge in [0, 0.05) is 13.2 Å². The summed E-state index contributed by atoms with van der Waals surface area (Å²) in [6.45, 7) is 33.5. The summed E-state index contributed by atoms with van der Waals surface area (Å²) >= 11 is 0. The molecule has 12 atom stereocenters. The van der Waals surface area contributed by atoms with Gasteiger partial charge in [-0.25, -0.2) is 0 Å². The van der Waals surface area contributed by atoms with Crippen molar-refractivity contribution in [3.63, 3.8) is 0 Å². The Morgan fingerprint density at radius 1 is 0.512 bits per heavy atom. The van der Waals surface area contributed by atoms with E-state index < -0.39 is 0 Å². The molecule has 1 heteroatoms. The molecule has 0 aliphatic heterocycles. The summed E-state index contributed by atoms with van der Waals surface area (Å²) in [5.41, 5.74) is 2.80. The maximum Gasteiger partial charge on any atom is 0.0500 e. The highest BCUT2D eigenvalue weighted by molar-refractivity contribution is 5.14. The lowest BCUT2D eigenvalue weighted by Gasteiger charge is -2.49. The molecule has 0 amide bonds.